The number of amides is 1. The van der Waals surface area contributed by atoms with Crippen LogP contribution in [0.15, 0.2) is 18.2 Å². The molecule has 3 heteroatoms. The molecule has 0 fully saturated rings. The minimum atomic E-state index is -0.0838. The van der Waals surface area contributed by atoms with Crippen molar-refractivity contribution < 1.29 is 9.90 Å². The van der Waals surface area contributed by atoms with Gasteiger partial charge in [0.25, 0.3) is 5.91 Å². The largest absolute Gasteiger partial charge is 0.395 e. The van der Waals surface area contributed by atoms with E-state index in [1.807, 2.05) is 25.1 Å². The molecule has 1 amide bonds. The highest BCUT2D eigenvalue weighted by molar-refractivity contribution is 5.96. The van der Waals surface area contributed by atoms with Gasteiger partial charge < -0.3 is 10.4 Å². The van der Waals surface area contributed by atoms with Gasteiger partial charge in [-0.3, -0.25) is 4.79 Å². The SMILES string of the molecule is Cc1ccc(C#CCCO)c(C(=O)NCC(C)C(C)C)c1. The number of nitrogens with one attached hydrogen (secondary N) is 1. The van der Waals surface area contributed by atoms with E-state index in [1.165, 1.54) is 0 Å². The number of aryl methyl sites for hydroxylation is 1. The predicted molar refractivity (Wildman–Crippen MR) is 86.1 cm³/mol. The Balaban J connectivity index is 2.87. The van der Waals surface area contributed by atoms with Gasteiger partial charge in [-0.25, -0.2) is 0 Å². The molecule has 1 atom stereocenters. The Labute approximate surface area is 127 Å². The molecule has 0 aliphatic rings. The van der Waals surface area contributed by atoms with Crippen LogP contribution in [0.1, 0.15) is 48.7 Å². The summed E-state index contributed by atoms with van der Waals surface area (Å²) in [5, 5.41) is 11.8. The molecule has 0 heterocycles. The average Bonchev–Trinajstić information content (AvgIpc) is 2.45. The molecule has 0 aliphatic heterocycles. The molecule has 114 valence electrons. The smallest absolute Gasteiger partial charge is 0.252 e. The van der Waals surface area contributed by atoms with Gasteiger partial charge in [0, 0.05) is 18.5 Å². The van der Waals surface area contributed by atoms with Crippen molar-refractivity contribution in [1.29, 1.82) is 0 Å². The first kappa shape index (κ1) is 17.3. The monoisotopic (exact) mass is 287 g/mol. The van der Waals surface area contributed by atoms with Gasteiger partial charge in [0.1, 0.15) is 0 Å². The van der Waals surface area contributed by atoms with Crippen LogP contribution in [-0.4, -0.2) is 24.2 Å². The minimum absolute atomic E-state index is 0.0340. The van der Waals surface area contributed by atoms with Gasteiger partial charge in [0.05, 0.1) is 12.2 Å². The molecule has 0 bridgehead atoms. The highest BCUT2D eigenvalue weighted by Gasteiger charge is 2.13. The summed E-state index contributed by atoms with van der Waals surface area (Å²) in [5.41, 5.74) is 2.35. The van der Waals surface area contributed by atoms with E-state index in [2.05, 4.69) is 37.9 Å². The molecule has 2 N–H and O–H groups in total. The highest BCUT2D eigenvalue weighted by Crippen LogP contribution is 2.12. The maximum Gasteiger partial charge on any atom is 0.252 e. The number of carbonyl (C=O) groups excluding carboxylic acids is 1. The summed E-state index contributed by atoms with van der Waals surface area (Å²) in [7, 11) is 0. The number of benzene rings is 1. The van der Waals surface area contributed by atoms with Crippen LogP contribution in [0.25, 0.3) is 0 Å². The Bertz CT molecular complexity index is 538. The third kappa shape index (κ3) is 5.61. The zero-order valence-electron chi connectivity index (χ0n) is 13.4. The highest BCUT2D eigenvalue weighted by atomic mass is 16.2. The molecule has 0 spiro atoms. The summed E-state index contributed by atoms with van der Waals surface area (Å²) in [6, 6.07) is 5.66. The van der Waals surface area contributed by atoms with Crippen molar-refractivity contribution in [3.05, 3.63) is 34.9 Å². The fourth-order valence-corrected chi connectivity index (χ4v) is 1.75. The zero-order chi connectivity index (χ0) is 15.8. The second kappa shape index (κ2) is 8.49. The normalized spacial score (nSPS) is 11.7. The van der Waals surface area contributed by atoms with Gasteiger partial charge in [-0.1, -0.05) is 44.2 Å². The third-order valence-electron chi connectivity index (χ3n) is 3.60. The summed E-state index contributed by atoms with van der Waals surface area (Å²) in [5.74, 6) is 6.71. The van der Waals surface area contributed by atoms with E-state index in [9.17, 15) is 4.79 Å². The Morgan fingerprint density at radius 2 is 2.05 bits per heavy atom. The van der Waals surface area contributed by atoms with Gasteiger partial charge in [0.15, 0.2) is 0 Å². The molecular formula is C18H25NO2. The van der Waals surface area contributed by atoms with E-state index in [1.54, 1.807) is 0 Å². The van der Waals surface area contributed by atoms with Crippen molar-refractivity contribution in [2.75, 3.05) is 13.2 Å². The lowest BCUT2D eigenvalue weighted by atomic mass is 9.98. The van der Waals surface area contributed by atoms with Crippen molar-refractivity contribution in [3.8, 4) is 11.8 Å². The van der Waals surface area contributed by atoms with E-state index in [0.717, 1.165) is 5.56 Å². The molecular weight excluding hydrogens is 262 g/mol. The van der Waals surface area contributed by atoms with Gasteiger partial charge in [0.2, 0.25) is 0 Å². The molecule has 0 radical (unpaired) electrons. The molecule has 0 saturated carbocycles. The van der Waals surface area contributed by atoms with Crippen LogP contribution >= 0.6 is 0 Å². The number of hydrogen-bond acceptors (Lipinski definition) is 2. The van der Waals surface area contributed by atoms with E-state index in [-0.39, 0.29) is 12.5 Å². The summed E-state index contributed by atoms with van der Waals surface area (Å²) < 4.78 is 0. The third-order valence-corrected chi connectivity index (χ3v) is 3.60. The molecule has 1 aromatic rings. The summed E-state index contributed by atoms with van der Waals surface area (Å²) >= 11 is 0. The number of hydrogen-bond donors (Lipinski definition) is 2. The van der Waals surface area contributed by atoms with Crippen molar-refractivity contribution >= 4 is 5.91 Å². The number of aliphatic hydroxyl groups excluding tert-OH is 1. The van der Waals surface area contributed by atoms with E-state index >= 15 is 0 Å². The first-order valence-corrected chi connectivity index (χ1v) is 7.44. The molecule has 0 saturated heterocycles. The molecule has 21 heavy (non-hydrogen) atoms. The van der Waals surface area contributed by atoms with Gasteiger partial charge in [-0.2, -0.15) is 0 Å². The van der Waals surface area contributed by atoms with Crippen molar-refractivity contribution in [2.45, 2.75) is 34.1 Å². The Morgan fingerprint density at radius 3 is 2.67 bits per heavy atom. The second-order valence-electron chi connectivity index (χ2n) is 5.76. The number of aliphatic hydroxyl groups is 1. The Kier molecular flexibility index (Phi) is 6.98. The summed E-state index contributed by atoms with van der Waals surface area (Å²) in [6.45, 7) is 9.08. The fraction of sp³-hybridized carbons (Fsp3) is 0.500. The van der Waals surface area contributed by atoms with Gasteiger partial charge >= 0.3 is 0 Å². The van der Waals surface area contributed by atoms with Crippen molar-refractivity contribution in [2.24, 2.45) is 11.8 Å². The van der Waals surface area contributed by atoms with Crippen molar-refractivity contribution in [1.82, 2.24) is 5.32 Å². The first-order valence-electron chi connectivity index (χ1n) is 7.44. The second-order valence-corrected chi connectivity index (χ2v) is 5.76. The lowest BCUT2D eigenvalue weighted by Crippen LogP contribution is -2.30. The lowest BCUT2D eigenvalue weighted by molar-refractivity contribution is 0.0944. The zero-order valence-corrected chi connectivity index (χ0v) is 13.4. The first-order chi connectivity index (χ1) is 9.95. The minimum Gasteiger partial charge on any atom is -0.395 e. The molecule has 0 aliphatic carbocycles. The molecule has 1 rings (SSSR count). The van der Waals surface area contributed by atoms with E-state index < -0.39 is 0 Å². The number of carbonyl (C=O) groups is 1. The van der Waals surface area contributed by atoms with Crippen LogP contribution in [0.3, 0.4) is 0 Å². The van der Waals surface area contributed by atoms with Crippen LogP contribution in [-0.2, 0) is 0 Å². The van der Waals surface area contributed by atoms with Crippen LogP contribution in [0, 0.1) is 30.6 Å². The predicted octanol–water partition coefficient (Wildman–Crippen LogP) is 2.75. The maximum absolute atomic E-state index is 12.3. The fourth-order valence-electron chi connectivity index (χ4n) is 1.75. The van der Waals surface area contributed by atoms with Crippen LogP contribution in [0.4, 0.5) is 0 Å². The average molecular weight is 287 g/mol. The Hall–Kier alpha value is -1.79. The van der Waals surface area contributed by atoms with E-state index in [0.29, 0.717) is 35.9 Å². The Morgan fingerprint density at radius 1 is 1.33 bits per heavy atom. The lowest BCUT2D eigenvalue weighted by Gasteiger charge is -2.16. The quantitative estimate of drug-likeness (QED) is 0.818. The van der Waals surface area contributed by atoms with E-state index in [4.69, 9.17) is 5.11 Å². The van der Waals surface area contributed by atoms with Crippen LogP contribution in [0.2, 0.25) is 0 Å². The summed E-state index contributed by atoms with van der Waals surface area (Å²) in [4.78, 5) is 12.3. The van der Waals surface area contributed by atoms with Crippen molar-refractivity contribution in [3.63, 3.8) is 0 Å². The molecule has 1 unspecified atom stereocenters. The molecule has 3 nitrogen and oxygen atoms in total. The maximum atomic E-state index is 12.3. The summed E-state index contributed by atoms with van der Waals surface area (Å²) in [6.07, 6.45) is 0.416. The number of rotatable bonds is 5. The van der Waals surface area contributed by atoms with Crippen LogP contribution < -0.4 is 5.32 Å². The topological polar surface area (TPSA) is 49.3 Å². The van der Waals surface area contributed by atoms with Crippen LogP contribution in [0.5, 0.6) is 0 Å². The van der Waals surface area contributed by atoms with Gasteiger partial charge in [-0.05, 0) is 30.9 Å². The molecule has 0 aromatic heterocycles. The standard InChI is InChI=1S/C18H25NO2/c1-13(2)15(4)12-19-18(21)17-11-14(3)8-9-16(17)7-5-6-10-20/h8-9,11,13,15,20H,6,10,12H2,1-4H3,(H,19,21). The van der Waals surface area contributed by atoms with Gasteiger partial charge in [-0.15, -0.1) is 0 Å². The molecule has 1 aromatic carbocycles.